The van der Waals surface area contributed by atoms with Crippen molar-refractivity contribution in [2.24, 2.45) is 0 Å². The summed E-state index contributed by atoms with van der Waals surface area (Å²) in [5.41, 5.74) is 1.80. The van der Waals surface area contributed by atoms with Gasteiger partial charge >= 0.3 is 5.69 Å². The molecular weight excluding hydrogens is 397 g/mol. The Morgan fingerprint density at radius 3 is 2.32 bits per heavy atom. The number of aromatic hydroxyl groups is 1. The number of benzene rings is 2. The molecule has 0 amide bonds. The van der Waals surface area contributed by atoms with Gasteiger partial charge in [0.1, 0.15) is 17.9 Å². The fourth-order valence-corrected chi connectivity index (χ4v) is 4.11. The van der Waals surface area contributed by atoms with Crippen LogP contribution in [0.25, 0.3) is 5.69 Å². The summed E-state index contributed by atoms with van der Waals surface area (Å²) in [6, 6.07) is 12.0. The third-order valence-corrected chi connectivity index (χ3v) is 5.86. The molecular formula is C23H28FN5O2. The van der Waals surface area contributed by atoms with Crippen LogP contribution in [-0.4, -0.2) is 45.6 Å². The second kappa shape index (κ2) is 8.83. The van der Waals surface area contributed by atoms with Gasteiger partial charge in [-0.3, -0.25) is 0 Å². The van der Waals surface area contributed by atoms with Gasteiger partial charge in [0.15, 0.2) is 0 Å². The van der Waals surface area contributed by atoms with Gasteiger partial charge in [-0.25, -0.2) is 18.4 Å². The monoisotopic (exact) mass is 425 g/mol. The first-order valence-corrected chi connectivity index (χ1v) is 10.7. The summed E-state index contributed by atoms with van der Waals surface area (Å²) < 4.78 is 17.8. The summed E-state index contributed by atoms with van der Waals surface area (Å²) in [4.78, 5) is 16.9. The first kappa shape index (κ1) is 21.0. The molecule has 1 aliphatic rings. The van der Waals surface area contributed by atoms with Crippen molar-refractivity contribution in [3.8, 4) is 11.4 Å². The Bertz CT molecular complexity index is 1080. The molecule has 2 aromatic carbocycles. The molecule has 31 heavy (non-hydrogen) atoms. The zero-order chi connectivity index (χ0) is 22.0. The molecule has 4 rings (SSSR count). The van der Waals surface area contributed by atoms with Gasteiger partial charge in [0.05, 0.1) is 17.4 Å². The number of halogens is 1. The molecule has 1 unspecified atom stereocenters. The summed E-state index contributed by atoms with van der Waals surface area (Å²) in [5, 5.41) is 13.7. The largest absolute Gasteiger partial charge is 0.508 e. The summed E-state index contributed by atoms with van der Waals surface area (Å²) in [6.07, 6.45) is 3.28. The van der Waals surface area contributed by atoms with Gasteiger partial charge in [0.25, 0.3) is 0 Å². The normalized spacial score (nSPS) is 15.3. The summed E-state index contributed by atoms with van der Waals surface area (Å²) in [5.74, 6) is -0.106. The van der Waals surface area contributed by atoms with Crippen molar-refractivity contribution in [2.75, 3.05) is 36.0 Å². The quantitative estimate of drug-likeness (QED) is 0.654. The number of hydrogen-bond donors (Lipinski definition) is 1. The van der Waals surface area contributed by atoms with Gasteiger partial charge < -0.3 is 14.9 Å². The van der Waals surface area contributed by atoms with Crippen molar-refractivity contribution in [3.63, 3.8) is 0 Å². The molecule has 1 aromatic heterocycles. The lowest BCUT2D eigenvalue weighted by atomic mass is 10.2. The maximum absolute atomic E-state index is 15.0. The lowest BCUT2D eigenvalue weighted by molar-refractivity contribution is 0.439. The predicted octanol–water partition coefficient (Wildman–Crippen LogP) is 3.57. The fourth-order valence-electron chi connectivity index (χ4n) is 4.11. The average molecular weight is 426 g/mol. The first-order valence-electron chi connectivity index (χ1n) is 10.7. The van der Waals surface area contributed by atoms with E-state index in [-0.39, 0.29) is 23.3 Å². The molecule has 1 saturated heterocycles. The fraction of sp³-hybridized carbons (Fsp3) is 0.391. The van der Waals surface area contributed by atoms with Crippen LogP contribution in [0.3, 0.4) is 0 Å². The lowest BCUT2D eigenvalue weighted by Crippen LogP contribution is -2.46. The summed E-state index contributed by atoms with van der Waals surface area (Å²) in [7, 11) is 0. The number of nitrogens with zero attached hydrogens (tertiary/aromatic N) is 5. The maximum Gasteiger partial charge on any atom is 0.350 e. The highest BCUT2D eigenvalue weighted by molar-refractivity contribution is 5.55. The molecule has 1 fully saturated rings. The highest BCUT2D eigenvalue weighted by Gasteiger charge is 2.21. The molecule has 0 radical (unpaired) electrons. The van der Waals surface area contributed by atoms with E-state index in [0.29, 0.717) is 24.5 Å². The Morgan fingerprint density at radius 1 is 1.03 bits per heavy atom. The van der Waals surface area contributed by atoms with E-state index in [1.165, 1.54) is 21.6 Å². The molecule has 8 heteroatoms. The molecule has 164 valence electrons. The van der Waals surface area contributed by atoms with Gasteiger partial charge in [0, 0.05) is 37.9 Å². The topological polar surface area (TPSA) is 66.5 Å². The summed E-state index contributed by atoms with van der Waals surface area (Å²) >= 11 is 0. The van der Waals surface area contributed by atoms with Crippen LogP contribution in [0, 0.1) is 5.82 Å². The molecule has 0 aliphatic carbocycles. The minimum atomic E-state index is -0.350. The Hall–Kier alpha value is -3.29. The number of phenols is 1. The van der Waals surface area contributed by atoms with Crippen molar-refractivity contribution in [2.45, 2.75) is 32.7 Å². The Kier molecular flexibility index (Phi) is 5.97. The van der Waals surface area contributed by atoms with Crippen molar-refractivity contribution in [1.29, 1.82) is 0 Å². The number of hydrogen-bond acceptors (Lipinski definition) is 5. The summed E-state index contributed by atoms with van der Waals surface area (Å²) in [6.45, 7) is 6.91. The van der Waals surface area contributed by atoms with Crippen LogP contribution in [0.15, 0.2) is 53.6 Å². The van der Waals surface area contributed by atoms with Crippen molar-refractivity contribution < 1.29 is 9.50 Å². The molecule has 0 spiro atoms. The first-order chi connectivity index (χ1) is 15.0. The molecule has 0 bridgehead atoms. The van der Waals surface area contributed by atoms with Crippen molar-refractivity contribution in [3.05, 3.63) is 65.1 Å². The van der Waals surface area contributed by atoms with E-state index in [2.05, 4.69) is 16.9 Å². The van der Waals surface area contributed by atoms with Gasteiger partial charge in [-0.15, -0.1) is 0 Å². The smallest absolute Gasteiger partial charge is 0.350 e. The van der Waals surface area contributed by atoms with E-state index in [1.807, 2.05) is 24.0 Å². The van der Waals surface area contributed by atoms with E-state index in [1.54, 1.807) is 24.3 Å². The van der Waals surface area contributed by atoms with Crippen LogP contribution >= 0.6 is 0 Å². The zero-order valence-electron chi connectivity index (χ0n) is 17.9. The predicted molar refractivity (Wildman–Crippen MR) is 120 cm³/mol. The third-order valence-electron chi connectivity index (χ3n) is 5.86. The third kappa shape index (κ3) is 4.28. The Morgan fingerprint density at radius 2 is 1.68 bits per heavy atom. The van der Waals surface area contributed by atoms with Crippen molar-refractivity contribution in [1.82, 2.24) is 14.3 Å². The van der Waals surface area contributed by atoms with Crippen LogP contribution in [0.5, 0.6) is 5.75 Å². The van der Waals surface area contributed by atoms with Crippen LogP contribution < -0.4 is 15.5 Å². The minimum Gasteiger partial charge on any atom is -0.508 e. The molecule has 1 aliphatic heterocycles. The van der Waals surface area contributed by atoms with E-state index < -0.39 is 0 Å². The van der Waals surface area contributed by atoms with E-state index in [4.69, 9.17) is 0 Å². The number of phenolic OH excluding ortho intramolecular Hbond substituents is 1. The Balaban J connectivity index is 1.48. The van der Waals surface area contributed by atoms with Crippen LogP contribution in [0.2, 0.25) is 0 Å². The number of piperazine rings is 1. The standard InChI is InChI=1S/C23H28FN5O2/c1-3-4-17(2)29-23(31)28(16-25-29)19-7-10-22(21(24)15-19)27-13-11-26(12-14-27)18-5-8-20(30)9-6-18/h5-10,15-17,30H,3-4,11-14H2,1-2H3. The molecule has 0 saturated carbocycles. The highest BCUT2D eigenvalue weighted by Crippen LogP contribution is 2.25. The maximum atomic E-state index is 15.0. The molecule has 1 N–H and O–H groups in total. The van der Waals surface area contributed by atoms with E-state index >= 15 is 0 Å². The number of anilines is 2. The van der Waals surface area contributed by atoms with Gasteiger partial charge in [-0.1, -0.05) is 13.3 Å². The second-order valence-corrected chi connectivity index (χ2v) is 7.99. The number of aromatic nitrogens is 3. The SMILES string of the molecule is CCCC(C)n1ncn(-c2ccc(N3CCN(c4ccc(O)cc4)CC3)c(F)c2)c1=O. The highest BCUT2D eigenvalue weighted by atomic mass is 19.1. The zero-order valence-corrected chi connectivity index (χ0v) is 17.9. The average Bonchev–Trinajstić information content (AvgIpc) is 3.16. The molecule has 2 heterocycles. The lowest BCUT2D eigenvalue weighted by Gasteiger charge is -2.37. The molecule has 1 atom stereocenters. The van der Waals surface area contributed by atoms with Crippen LogP contribution in [0.1, 0.15) is 32.7 Å². The van der Waals surface area contributed by atoms with Crippen LogP contribution in [-0.2, 0) is 0 Å². The van der Waals surface area contributed by atoms with Gasteiger partial charge in [0.2, 0.25) is 0 Å². The second-order valence-electron chi connectivity index (χ2n) is 7.99. The van der Waals surface area contributed by atoms with Gasteiger partial charge in [-0.05, 0) is 49.7 Å². The van der Waals surface area contributed by atoms with Gasteiger partial charge in [-0.2, -0.15) is 5.10 Å². The van der Waals surface area contributed by atoms with E-state index in [9.17, 15) is 14.3 Å². The minimum absolute atomic E-state index is 0.00717. The van der Waals surface area contributed by atoms with Crippen LogP contribution in [0.4, 0.5) is 15.8 Å². The molecule has 3 aromatic rings. The van der Waals surface area contributed by atoms with Crippen molar-refractivity contribution >= 4 is 11.4 Å². The Labute approximate surface area is 181 Å². The van der Waals surface area contributed by atoms with E-state index in [0.717, 1.165) is 31.6 Å². The number of rotatable bonds is 6. The molecule has 7 nitrogen and oxygen atoms in total.